The van der Waals surface area contributed by atoms with Crippen LogP contribution >= 0.6 is 11.3 Å². The van der Waals surface area contributed by atoms with Gasteiger partial charge in [-0.05, 0) is 30.0 Å². The van der Waals surface area contributed by atoms with E-state index in [0.717, 1.165) is 23.5 Å². The summed E-state index contributed by atoms with van der Waals surface area (Å²) in [6.07, 6.45) is -3.35. The van der Waals surface area contributed by atoms with E-state index in [2.05, 4.69) is 15.6 Å². The Hall–Kier alpha value is -2.42. The molecule has 0 radical (unpaired) electrons. The van der Waals surface area contributed by atoms with Crippen LogP contribution < -0.4 is 10.6 Å². The summed E-state index contributed by atoms with van der Waals surface area (Å²) < 4.78 is 38.1. The molecule has 2 N–H and O–H groups in total. The van der Waals surface area contributed by atoms with E-state index >= 15 is 0 Å². The molecule has 0 aliphatic heterocycles. The molecule has 0 fully saturated rings. The number of ketones is 1. The maximum absolute atomic E-state index is 12.7. The van der Waals surface area contributed by atoms with E-state index in [1.807, 2.05) is 13.8 Å². The average Bonchev–Trinajstić information content (AvgIpc) is 2.93. The predicted octanol–water partition coefficient (Wildman–Crippen LogP) is 4.37. The molecule has 0 atom stereocenters. The van der Waals surface area contributed by atoms with E-state index in [1.165, 1.54) is 12.1 Å². The summed E-state index contributed by atoms with van der Waals surface area (Å²) in [4.78, 5) is 29.1. The first kappa shape index (κ1) is 19.3. The third-order valence-corrected chi connectivity index (χ3v) is 5.18. The summed E-state index contributed by atoms with van der Waals surface area (Å²) in [6, 6.07) is 4.62. The number of nitrogens with zero attached hydrogens (tertiary/aromatic N) is 1. The highest BCUT2D eigenvalue weighted by Crippen LogP contribution is 2.38. The molecular weight excluding hydrogens is 379 g/mol. The molecule has 0 saturated carbocycles. The first-order valence-corrected chi connectivity index (χ1v) is 9.09. The second-order valence-corrected chi connectivity index (χ2v) is 8.22. The zero-order valence-electron chi connectivity index (χ0n) is 14.7. The Bertz CT molecular complexity index is 890. The van der Waals surface area contributed by atoms with Gasteiger partial charge in [0.15, 0.2) is 10.9 Å². The van der Waals surface area contributed by atoms with E-state index in [-0.39, 0.29) is 23.4 Å². The molecule has 1 aromatic carbocycles. The van der Waals surface area contributed by atoms with Gasteiger partial charge >= 0.3 is 6.18 Å². The zero-order chi connectivity index (χ0) is 19.8. The van der Waals surface area contributed by atoms with Crippen LogP contribution in [0.5, 0.6) is 0 Å². The van der Waals surface area contributed by atoms with E-state index in [1.54, 1.807) is 0 Å². The van der Waals surface area contributed by atoms with Gasteiger partial charge in [-0.25, -0.2) is 4.98 Å². The molecule has 1 heterocycles. The van der Waals surface area contributed by atoms with Crippen molar-refractivity contribution in [2.45, 2.75) is 32.9 Å². The quantitative estimate of drug-likeness (QED) is 0.804. The topological polar surface area (TPSA) is 71.1 Å². The van der Waals surface area contributed by atoms with Crippen molar-refractivity contribution < 1.29 is 22.8 Å². The van der Waals surface area contributed by atoms with E-state index in [9.17, 15) is 22.8 Å². The van der Waals surface area contributed by atoms with Gasteiger partial charge in [0.05, 0.1) is 22.7 Å². The van der Waals surface area contributed by atoms with Crippen molar-refractivity contribution >= 4 is 33.8 Å². The summed E-state index contributed by atoms with van der Waals surface area (Å²) in [5.74, 6) is -0.438. The maximum Gasteiger partial charge on any atom is 0.416 e. The Labute approximate surface area is 158 Å². The first-order chi connectivity index (χ1) is 12.5. The van der Waals surface area contributed by atoms with Gasteiger partial charge < -0.3 is 10.6 Å². The third kappa shape index (κ3) is 4.65. The molecule has 0 unspecified atom stereocenters. The summed E-state index contributed by atoms with van der Waals surface area (Å²) in [7, 11) is 0. The monoisotopic (exact) mass is 397 g/mol. The zero-order valence-corrected chi connectivity index (χ0v) is 15.6. The van der Waals surface area contributed by atoms with Gasteiger partial charge in [-0.1, -0.05) is 31.3 Å². The lowest BCUT2D eigenvalue weighted by Crippen LogP contribution is -2.26. The lowest BCUT2D eigenvalue weighted by Gasteiger charge is -2.26. The minimum Gasteiger partial charge on any atom is -0.376 e. The fraction of sp³-hybridized carbons (Fsp3) is 0.389. The van der Waals surface area contributed by atoms with Gasteiger partial charge in [-0.3, -0.25) is 9.59 Å². The Morgan fingerprint density at radius 2 is 2.04 bits per heavy atom. The Morgan fingerprint density at radius 3 is 2.74 bits per heavy atom. The van der Waals surface area contributed by atoms with Crippen molar-refractivity contribution in [2.75, 3.05) is 17.2 Å². The molecule has 0 bridgehead atoms. The lowest BCUT2D eigenvalue weighted by atomic mass is 9.78. The number of benzene rings is 1. The number of thiazole rings is 1. The minimum atomic E-state index is -4.44. The van der Waals surface area contributed by atoms with E-state index in [4.69, 9.17) is 0 Å². The number of hydrogen-bond acceptors (Lipinski definition) is 5. The molecule has 27 heavy (non-hydrogen) atoms. The van der Waals surface area contributed by atoms with Crippen molar-refractivity contribution in [3.05, 3.63) is 40.4 Å². The number of carbonyl (C=O) groups is 2. The smallest absolute Gasteiger partial charge is 0.376 e. The molecule has 1 aromatic heterocycles. The molecule has 1 aliphatic carbocycles. The Morgan fingerprint density at radius 1 is 1.30 bits per heavy atom. The van der Waals surface area contributed by atoms with Crippen LogP contribution in [0.1, 0.15) is 41.2 Å². The SMILES string of the molecule is CC1(C)CC(=O)c2sc(NC(=O)CNc3cccc(C(F)(F)F)c3)nc2C1. The largest absolute Gasteiger partial charge is 0.416 e. The number of alkyl halides is 3. The van der Waals surface area contributed by atoms with Crippen LogP contribution in [-0.2, 0) is 17.4 Å². The van der Waals surface area contributed by atoms with Gasteiger partial charge in [0.1, 0.15) is 0 Å². The number of carbonyl (C=O) groups excluding carboxylic acids is 2. The number of anilines is 2. The van der Waals surface area contributed by atoms with Gasteiger partial charge in [-0.15, -0.1) is 0 Å². The normalized spacial score (nSPS) is 16.0. The number of Topliss-reactive ketones (excluding diaryl/α,β-unsaturated/α-hetero) is 1. The highest BCUT2D eigenvalue weighted by Gasteiger charge is 2.34. The van der Waals surface area contributed by atoms with Crippen molar-refractivity contribution in [3.63, 3.8) is 0 Å². The minimum absolute atomic E-state index is 0.0151. The summed E-state index contributed by atoms with van der Waals surface area (Å²) >= 11 is 1.13. The van der Waals surface area contributed by atoms with Crippen LogP contribution in [0.3, 0.4) is 0 Å². The van der Waals surface area contributed by atoms with E-state index < -0.39 is 17.6 Å². The van der Waals surface area contributed by atoms with Crippen molar-refractivity contribution in [1.29, 1.82) is 0 Å². The second-order valence-electron chi connectivity index (χ2n) is 7.22. The van der Waals surface area contributed by atoms with E-state index in [0.29, 0.717) is 28.5 Å². The van der Waals surface area contributed by atoms with Crippen LogP contribution in [0, 0.1) is 5.41 Å². The molecule has 5 nitrogen and oxygen atoms in total. The fourth-order valence-electron chi connectivity index (χ4n) is 2.92. The molecule has 1 aliphatic rings. The van der Waals surface area contributed by atoms with Crippen LogP contribution in [-0.4, -0.2) is 23.2 Å². The number of aromatic nitrogens is 1. The number of hydrogen-bond donors (Lipinski definition) is 2. The van der Waals surface area contributed by atoms with Crippen LogP contribution in [0.2, 0.25) is 0 Å². The molecule has 0 saturated heterocycles. The molecule has 0 spiro atoms. The van der Waals surface area contributed by atoms with Gasteiger partial charge in [0.2, 0.25) is 5.91 Å². The fourth-order valence-corrected chi connectivity index (χ4v) is 3.86. The van der Waals surface area contributed by atoms with Crippen LogP contribution in [0.4, 0.5) is 24.0 Å². The lowest BCUT2D eigenvalue weighted by molar-refractivity contribution is -0.137. The number of nitrogens with one attached hydrogen (secondary N) is 2. The highest BCUT2D eigenvalue weighted by atomic mass is 32.1. The third-order valence-electron chi connectivity index (χ3n) is 4.13. The summed E-state index contributed by atoms with van der Waals surface area (Å²) in [5.41, 5.74) is -0.0795. The Balaban J connectivity index is 1.62. The standard InChI is InChI=1S/C18H18F3N3O2S/c1-17(2)7-12-15(13(25)8-17)27-16(23-12)24-14(26)9-22-11-5-3-4-10(6-11)18(19,20)21/h3-6,22H,7-9H2,1-2H3,(H,23,24,26). The molecule has 144 valence electrons. The van der Waals surface area contributed by atoms with Crippen LogP contribution in [0.15, 0.2) is 24.3 Å². The molecule has 9 heteroatoms. The summed E-state index contributed by atoms with van der Waals surface area (Å²) in [6.45, 7) is 3.76. The summed E-state index contributed by atoms with van der Waals surface area (Å²) in [5, 5.41) is 5.57. The number of amides is 1. The molecule has 2 aromatic rings. The maximum atomic E-state index is 12.7. The van der Waals surface area contributed by atoms with Crippen molar-refractivity contribution in [3.8, 4) is 0 Å². The van der Waals surface area contributed by atoms with Crippen LogP contribution in [0.25, 0.3) is 0 Å². The Kier molecular flexibility index (Phi) is 4.98. The van der Waals surface area contributed by atoms with Gasteiger partial charge in [0, 0.05) is 12.1 Å². The van der Waals surface area contributed by atoms with Gasteiger partial charge in [0.25, 0.3) is 0 Å². The van der Waals surface area contributed by atoms with Gasteiger partial charge in [-0.2, -0.15) is 13.2 Å². The second kappa shape index (κ2) is 6.95. The number of fused-ring (bicyclic) bond motifs is 1. The molecular formula is C18H18F3N3O2S. The molecule has 3 rings (SSSR count). The van der Waals surface area contributed by atoms with Crippen molar-refractivity contribution in [1.82, 2.24) is 4.98 Å². The number of halogens is 3. The predicted molar refractivity (Wildman–Crippen MR) is 97.1 cm³/mol. The first-order valence-electron chi connectivity index (χ1n) is 8.27. The average molecular weight is 397 g/mol. The molecule has 1 amide bonds. The van der Waals surface area contributed by atoms with Crippen molar-refractivity contribution in [2.24, 2.45) is 5.41 Å². The number of rotatable bonds is 4. The highest BCUT2D eigenvalue weighted by molar-refractivity contribution is 7.17.